The standard InChI is InChI=1S/C17H13N5O/c18-9-14-15(21-17(20)22-16(14)19)11-6-4-10(5-7-11)12-2-1-3-13(23)8-12/h1-8,23H,(H4,19,20,21,22). The average molecular weight is 303 g/mol. The molecule has 0 atom stereocenters. The first-order valence-electron chi connectivity index (χ1n) is 6.81. The van der Waals surface area contributed by atoms with E-state index in [0.29, 0.717) is 11.3 Å². The first-order chi connectivity index (χ1) is 11.1. The molecule has 6 nitrogen and oxygen atoms in total. The Hall–Kier alpha value is -3.59. The highest BCUT2D eigenvalue weighted by Gasteiger charge is 2.13. The van der Waals surface area contributed by atoms with E-state index in [1.165, 1.54) is 0 Å². The number of nitrogens with two attached hydrogens (primary N) is 2. The number of phenolic OH excluding ortho intramolecular Hbond substituents is 1. The first-order valence-corrected chi connectivity index (χ1v) is 6.81. The lowest BCUT2D eigenvalue weighted by molar-refractivity contribution is 0.475. The van der Waals surface area contributed by atoms with Gasteiger partial charge in [-0.2, -0.15) is 10.2 Å². The molecular weight excluding hydrogens is 290 g/mol. The fourth-order valence-corrected chi connectivity index (χ4v) is 2.32. The number of rotatable bonds is 2. The Labute approximate surface area is 132 Å². The van der Waals surface area contributed by atoms with E-state index in [0.717, 1.165) is 11.1 Å². The summed E-state index contributed by atoms with van der Waals surface area (Å²) in [5, 5.41) is 18.8. The predicted octanol–water partition coefficient (Wildman–Crippen LogP) is 2.55. The molecule has 0 bridgehead atoms. The van der Waals surface area contributed by atoms with Crippen molar-refractivity contribution in [3.63, 3.8) is 0 Å². The predicted molar refractivity (Wildman–Crippen MR) is 88.1 cm³/mol. The molecule has 0 amide bonds. The van der Waals surface area contributed by atoms with Crippen LogP contribution in [0.2, 0.25) is 0 Å². The minimum atomic E-state index is 0.0218. The average Bonchev–Trinajstić information content (AvgIpc) is 2.54. The van der Waals surface area contributed by atoms with Crippen molar-refractivity contribution in [2.24, 2.45) is 0 Å². The van der Waals surface area contributed by atoms with Gasteiger partial charge in [-0.05, 0) is 23.3 Å². The number of hydrogen-bond acceptors (Lipinski definition) is 6. The van der Waals surface area contributed by atoms with E-state index >= 15 is 0 Å². The Kier molecular flexibility index (Phi) is 3.53. The Morgan fingerprint density at radius 1 is 0.913 bits per heavy atom. The summed E-state index contributed by atoms with van der Waals surface area (Å²) in [5.41, 5.74) is 14.5. The zero-order valence-electron chi connectivity index (χ0n) is 12.1. The van der Waals surface area contributed by atoms with Gasteiger partial charge in [0.25, 0.3) is 0 Å². The maximum absolute atomic E-state index is 9.56. The maximum atomic E-state index is 9.56. The van der Waals surface area contributed by atoms with Crippen molar-refractivity contribution in [3.8, 4) is 34.2 Å². The fourth-order valence-electron chi connectivity index (χ4n) is 2.32. The summed E-state index contributed by atoms with van der Waals surface area (Å²) >= 11 is 0. The van der Waals surface area contributed by atoms with Crippen molar-refractivity contribution in [1.82, 2.24) is 9.97 Å². The maximum Gasteiger partial charge on any atom is 0.222 e. The van der Waals surface area contributed by atoms with Crippen LogP contribution in [0, 0.1) is 11.3 Å². The van der Waals surface area contributed by atoms with E-state index in [-0.39, 0.29) is 23.1 Å². The third-order valence-electron chi connectivity index (χ3n) is 3.40. The van der Waals surface area contributed by atoms with Gasteiger partial charge >= 0.3 is 0 Å². The normalized spacial score (nSPS) is 10.2. The molecule has 6 heteroatoms. The molecule has 0 fully saturated rings. The molecule has 0 unspecified atom stereocenters. The highest BCUT2D eigenvalue weighted by atomic mass is 16.3. The minimum absolute atomic E-state index is 0.0218. The molecule has 0 aliphatic carbocycles. The summed E-state index contributed by atoms with van der Waals surface area (Å²) in [6.07, 6.45) is 0. The van der Waals surface area contributed by atoms with Gasteiger partial charge in [0.1, 0.15) is 23.2 Å². The van der Waals surface area contributed by atoms with Crippen LogP contribution in [0.25, 0.3) is 22.4 Å². The Balaban J connectivity index is 2.06. The van der Waals surface area contributed by atoms with Crippen molar-refractivity contribution in [3.05, 3.63) is 54.1 Å². The quantitative estimate of drug-likeness (QED) is 0.668. The number of hydrogen-bond donors (Lipinski definition) is 3. The van der Waals surface area contributed by atoms with E-state index in [2.05, 4.69) is 9.97 Å². The van der Waals surface area contributed by atoms with Crippen LogP contribution in [0.15, 0.2) is 48.5 Å². The molecule has 0 saturated heterocycles. The van der Waals surface area contributed by atoms with E-state index in [1.807, 2.05) is 36.4 Å². The van der Waals surface area contributed by atoms with Crippen LogP contribution in [-0.4, -0.2) is 15.1 Å². The van der Waals surface area contributed by atoms with Crippen LogP contribution < -0.4 is 11.5 Å². The first kappa shape index (κ1) is 14.4. The number of nitriles is 1. The van der Waals surface area contributed by atoms with Crippen LogP contribution in [0.4, 0.5) is 11.8 Å². The SMILES string of the molecule is N#Cc1c(N)nc(N)nc1-c1ccc(-c2cccc(O)c2)cc1. The molecule has 0 aliphatic heterocycles. The number of aromatic hydroxyl groups is 1. The number of anilines is 2. The zero-order valence-corrected chi connectivity index (χ0v) is 12.1. The molecule has 0 spiro atoms. The molecule has 0 saturated carbocycles. The molecule has 23 heavy (non-hydrogen) atoms. The highest BCUT2D eigenvalue weighted by molar-refractivity contribution is 5.75. The van der Waals surface area contributed by atoms with Gasteiger partial charge in [0.05, 0.1) is 5.69 Å². The molecule has 1 heterocycles. The van der Waals surface area contributed by atoms with Crippen molar-refractivity contribution >= 4 is 11.8 Å². The molecular formula is C17H13N5O. The lowest BCUT2D eigenvalue weighted by Crippen LogP contribution is -2.04. The molecule has 0 aliphatic rings. The third-order valence-corrected chi connectivity index (χ3v) is 3.40. The summed E-state index contributed by atoms with van der Waals surface area (Å²) in [5.74, 6) is 0.287. The molecule has 1 aromatic heterocycles. The van der Waals surface area contributed by atoms with Gasteiger partial charge in [0, 0.05) is 5.56 Å². The highest BCUT2D eigenvalue weighted by Crippen LogP contribution is 2.29. The minimum Gasteiger partial charge on any atom is -0.508 e. The van der Waals surface area contributed by atoms with E-state index < -0.39 is 0 Å². The summed E-state index contributed by atoms with van der Waals surface area (Å²) in [7, 11) is 0. The topological polar surface area (TPSA) is 122 Å². The lowest BCUT2D eigenvalue weighted by atomic mass is 10.0. The van der Waals surface area contributed by atoms with E-state index in [1.54, 1.807) is 18.2 Å². The van der Waals surface area contributed by atoms with Crippen LogP contribution >= 0.6 is 0 Å². The third kappa shape index (κ3) is 2.76. The lowest BCUT2D eigenvalue weighted by Gasteiger charge is -2.08. The second-order valence-electron chi connectivity index (χ2n) is 4.93. The second-order valence-corrected chi connectivity index (χ2v) is 4.93. The molecule has 3 aromatic rings. The second kappa shape index (κ2) is 5.66. The van der Waals surface area contributed by atoms with E-state index in [9.17, 15) is 10.4 Å². The van der Waals surface area contributed by atoms with Gasteiger partial charge in [-0.1, -0.05) is 36.4 Å². The van der Waals surface area contributed by atoms with Crippen LogP contribution in [-0.2, 0) is 0 Å². The van der Waals surface area contributed by atoms with Crippen molar-refractivity contribution in [1.29, 1.82) is 5.26 Å². The number of benzene rings is 2. The van der Waals surface area contributed by atoms with E-state index in [4.69, 9.17) is 11.5 Å². The molecule has 5 N–H and O–H groups in total. The largest absolute Gasteiger partial charge is 0.508 e. The number of phenols is 1. The van der Waals surface area contributed by atoms with Crippen LogP contribution in [0.3, 0.4) is 0 Å². The molecule has 3 rings (SSSR count). The molecule has 0 radical (unpaired) electrons. The number of aromatic nitrogens is 2. The molecule has 2 aromatic carbocycles. The Morgan fingerprint density at radius 3 is 2.26 bits per heavy atom. The summed E-state index contributed by atoms with van der Waals surface area (Å²) < 4.78 is 0. The van der Waals surface area contributed by atoms with Gasteiger partial charge in [-0.3, -0.25) is 0 Å². The summed E-state index contributed by atoms with van der Waals surface area (Å²) in [6, 6.07) is 16.4. The van der Waals surface area contributed by atoms with Gasteiger partial charge in [-0.15, -0.1) is 0 Å². The summed E-state index contributed by atoms with van der Waals surface area (Å²) in [4.78, 5) is 7.92. The smallest absolute Gasteiger partial charge is 0.222 e. The van der Waals surface area contributed by atoms with Gasteiger partial charge < -0.3 is 16.6 Å². The van der Waals surface area contributed by atoms with Crippen molar-refractivity contribution in [2.45, 2.75) is 0 Å². The van der Waals surface area contributed by atoms with Crippen LogP contribution in [0.1, 0.15) is 5.56 Å². The van der Waals surface area contributed by atoms with Gasteiger partial charge in [-0.25, -0.2) is 4.98 Å². The summed E-state index contributed by atoms with van der Waals surface area (Å²) in [6.45, 7) is 0. The monoisotopic (exact) mass is 303 g/mol. The fraction of sp³-hybridized carbons (Fsp3) is 0. The van der Waals surface area contributed by atoms with Crippen LogP contribution in [0.5, 0.6) is 5.75 Å². The Morgan fingerprint density at radius 2 is 1.61 bits per heavy atom. The zero-order chi connectivity index (χ0) is 16.4. The van der Waals surface area contributed by atoms with Crippen molar-refractivity contribution in [2.75, 3.05) is 11.5 Å². The Bertz CT molecular complexity index is 913. The number of nitrogen functional groups attached to an aromatic ring is 2. The number of nitrogens with zero attached hydrogens (tertiary/aromatic N) is 3. The van der Waals surface area contributed by atoms with Gasteiger partial charge in [0.15, 0.2) is 0 Å². The van der Waals surface area contributed by atoms with Crippen molar-refractivity contribution < 1.29 is 5.11 Å². The van der Waals surface area contributed by atoms with Gasteiger partial charge in [0.2, 0.25) is 5.95 Å². The molecule has 112 valence electrons.